The van der Waals surface area contributed by atoms with Gasteiger partial charge in [0.1, 0.15) is 0 Å². The summed E-state index contributed by atoms with van der Waals surface area (Å²) in [4.78, 5) is 38.4. The predicted octanol–water partition coefficient (Wildman–Crippen LogP) is 2.90. The number of alkyl halides is 2. The van der Waals surface area contributed by atoms with Crippen LogP contribution in [-0.4, -0.2) is 34.5 Å². The highest BCUT2D eigenvalue weighted by atomic mass is 79.9. The fourth-order valence-electron chi connectivity index (χ4n) is 3.21. The zero-order valence-corrected chi connectivity index (χ0v) is 15.5. The number of benzene rings is 1. The van der Waals surface area contributed by atoms with Gasteiger partial charge in [0.15, 0.2) is 0 Å². The van der Waals surface area contributed by atoms with E-state index in [1.54, 1.807) is 24.3 Å². The Kier molecular flexibility index (Phi) is 4.60. The molecule has 2 fully saturated rings. The number of carbonyl (C=O) groups excluding carboxylic acids is 3. The van der Waals surface area contributed by atoms with Gasteiger partial charge in [0.05, 0.1) is 30.2 Å². The Morgan fingerprint density at radius 3 is 1.96 bits per heavy atom. The highest BCUT2D eigenvalue weighted by molar-refractivity contribution is 9.12. The van der Waals surface area contributed by atoms with Crippen LogP contribution in [0.3, 0.4) is 0 Å². The van der Waals surface area contributed by atoms with Crippen molar-refractivity contribution in [1.29, 1.82) is 0 Å². The van der Waals surface area contributed by atoms with Crippen molar-refractivity contribution >= 4 is 55.3 Å². The molecule has 4 atom stereocenters. The molecule has 1 aromatic carbocycles. The van der Waals surface area contributed by atoms with E-state index in [9.17, 15) is 14.4 Å². The highest BCUT2D eigenvalue weighted by Crippen LogP contribution is 2.44. The fraction of sp³-hybridized carbons (Fsp3) is 0.438. The maximum absolute atomic E-state index is 12.7. The van der Waals surface area contributed by atoms with Gasteiger partial charge >= 0.3 is 5.97 Å². The normalized spacial score (nSPS) is 30.3. The average molecular weight is 445 g/mol. The average Bonchev–Trinajstić information content (AvgIpc) is 2.78. The molecule has 1 aromatic rings. The van der Waals surface area contributed by atoms with Gasteiger partial charge in [-0.2, -0.15) is 0 Å². The van der Waals surface area contributed by atoms with E-state index in [0.29, 0.717) is 24.1 Å². The molecule has 0 spiro atoms. The molecular formula is C16H15Br2NO4. The van der Waals surface area contributed by atoms with Crippen LogP contribution in [0.5, 0.6) is 0 Å². The molecule has 23 heavy (non-hydrogen) atoms. The van der Waals surface area contributed by atoms with Crippen LogP contribution < -0.4 is 4.90 Å². The second-order valence-electron chi connectivity index (χ2n) is 5.77. The number of nitrogens with zero attached hydrogens (tertiary/aromatic N) is 1. The minimum Gasteiger partial charge on any atom is -0.465 e. The number of carbonyl (C=O) groups is 3. The van der Waals surface area contributed by atoms with Crippen LogP contribution in [0.15, 0.2) is 24.3 Å². The molecule has 0 bridgehead atoms. The summed E-state index contributed by atoms with van der Waals surface area (Å²) < 4.78 is 4.65. The summed E-state index contributed by atoms with van der Waals surface area (Å²) in [6.45, 7) is 0. The third-order valence-electron chi connectivity index (χ3n) is 4.46. The summed E-state index contributed by atoms with van der Waals surface area (Å²) in [6, 6.07) is 6.34. The number of anilines is 1. The zero-order chi connectivity index (χ0) is 16.7. The SMILES string of the molecule is COC(=O)c1ccc(N2C(=O)[C@H]3C[C@@H](Br)[C@H](Br)C[C@H]3C2=O)cc1. The Morgan fingerprint density at radius 1 is 1.04 bits per heavy atom. The molecule has 1 heterocycles. The summed E-state index contributed by atoms with van der Waals surface area (Å²) >= 11 is 7.13. The van der Waals surface area contributed by atoms with E-state index in [2.05, 4.69) is 36.6 Å². The van der Waals surface area contributed by atoms with Crippen molar-refractivity contribution < 1.29 is 19.1 Å². The third kappa shape index (κ3) is 2.85. The number of esters is 1. The van der Waals surface area contributed by atoms with Gasteiger partial charge in [-0.05, 0) is 37.1 Å². The molecule has 1 saturated heterocycles. The maximum Gasteiger partial charge on any atom is 0.337 e. The number of fused-ring (bicyclic) bond motifs is 1. The van der Waals surface area contributed by atoms with Crippen molar-refractivity contribution in [3.05, 3.63) is 29.8 Å². The van der Waals surface area contributed by atoms with Crippen molar-refractivity contribution in [2.75, 3.05) is 12.0 Å². The van der Waals surface area contributed by atoms with Crippen LogP contribution in [0.4, 0.5) is 5.69 Å². The van der Waals surface area contributed by atoms with Gasteiger partial charge in [-0.3, -0.25) is 14.5 Å². The number of rotatable bonds is 2. The standard InChI is InChI=1S/C16H15Br2NO4/c1-23-16(22)8-2-4-9(5-3-8)19-14(20)10-6-12(17)13(18)7-11(10)15(19)21/h2-5,10-13H,6-7H2,1H3/t10-,11+,12-,13-/m1/s1. The lowest BCUT2D eigenvalue weighted by Gasteiger charge is -2.29. The summed E-state index contributed by atoms with van der Waals surface area (Å²) in [6.07, 6.45) is 1.28. The smallest absolute Gasteiger partial charge is 0.337 e. The van der Waals surface area contributed by atoms with Crippen molar-refractivity contribution in [2.24, 2.45) is 11.8 Å². The minimum absolute atomic E-state index is 0.158. The van der Waals surface area contributed by atoms with Gasteiger partial charge in [0.25, 0.3) is 0 Å². The predicted molar refractivity (Wildman–Crippen MR) is 91.9 cm³/mol. The van der Waals surface area contributed by atoms with E-state index in [4.69, 9.17) is 0 Å². The van der Waals surface area contributed by atoms with E-state index in [0.717, 1.165) is 0 Å². The molecule has 0 aromatic heterocycles. The lowest BCUT2D eigenvalue weighted by Crippen LogP contribution is -2.34. The monoisotopic (exact) mass is 443 g/mol. The Labute approximate surface area is 150 Å². The van der Waals surface area contributed by atoms with Crippen molar-refractivity contribution in [2.45, 2.75) is 22.5 Å². The van der Waals surface area contributed by atoms with E-state index in [1.165, 1.54) is 12.0 Å². The van der Waals surface area contributed by atoms with Crippen LogP contribution in [0.2, 0.25) is 0 Å². The van der Waals surface area contributed by atoms with Gasteiger partial charge in [0, 0.05) is 9.65 Å². The van der Waals surface area contributed by atoms with Crippen molar-refractivity contribution in [1.82, 2.24) is 0 Å². The molecule has 5 nitrogen and oxygen atoms in total. The van der Waals surface area contributed by atoms with E-state index < -0.39 is 5.97 Å². The summed E-state index contributed by atoms with van der Waals surface area (Å²) in [5.41, 5.74) is 0.883. The summed E-state index contributed by atoms with van der Waals surface area (Å²) in [5, 5.41) is 0. The Morgan fingerprint density at radius 2 is 1.52 bits per heavy atom. The molecule has 0 unspecified atom stereocenters. The maximum atomic E-state index is 12.7. The fourth-order valence-corrected chi connectivity index (χ4v) is 4.45. The van der Waals surface area contributed by atoms with Crippen LogP contribution >= 0.6 is 31.9 Å². The molecule has 1 aliphatic heterocycles. The zero-order valence-electron chi connectivity index (χ0n) is 12.4. The second kappa shape index (κ2) is 6.36. The Bertz CT molecular complexity index is 633. The third-order valence-corrected chi connectivity index (χ3v) is 7.19. The van der Waals surface area contributed by atoms with Gasteiger partial charge in [-0.25, -0.2) is 4.79 Å². The molecule has 2 aliphatic rings. The van der Waals surface area contributed by atoms with E-state index in [1.807, 2.05) is 0 Å². The molecule has 122 valence electrons. The molecule has 1 aliphatic carbocycles. The van der Waals surface area contributed by atoms with Gasteiger partial charge < -0.3 is 4.74 Å². The summed E-state index contributed by atoms with van der Waals surface area (Å²) in [7, 11) is 1.31. The molecular weight excluding hydrogens is 430 g/mol. The Hall–Kier alpha value is -1.21. The first-order valence-electron chi connectivity index (χ1n) is 7.28. The van der Waals surface area contributed by atoms with Crippen LogP contribution in [0.1, 0.15) is 23.2 Å². The number of ether oxygens (including phenoxy) is 1. The number of methoxy groups -OCH3 is 1. The first-order chi connectivity index (χ1) is 10.9. The lowest BCUT2D eigenvalue weighted by molar-refractivity contribution is -0.122. The number of hydrogen-bond acceptors (Lipinski definition) is 4. The van der Waals surface area contributed by atoms with Crippen LogP contribution in [0, 0.1) is 11.8 Å². The molecule has 0 radical (unpaired) electrons. The molecule has 2 amide bonds. The minimum atomic E-state index is -0.450. The first kappa shape index (κ1) is 16.6. The summed E-state index contributed by atoms with van der Waals surface area (Å²) in [5.74, 6) is -1.32. The van der Waals surface area contributed by atoms with E-state index >= 15 is 0 Å². The topological polar surface area (TPSA) is 63.7 Å². The number of amides is 2. The van der Waals surface area contributed by atoms with E-state index in [-0.39, 0.29) is 33.3 Å². The molecule has 7 heteroatoms. The largest absolute Gasteiger partial charge is 0.465 e. The lowest BCUT2D eigenvalue weighted by atomic mass is 9.81. The van der Waals surface area contributed by atoms with Crippen LogP contribution in [0.25, 0.3) is 0 Å². The van der Waals surface area contributed by atoms with Crippen LogP contribution in [-0.2, 0) is 14.3 Å². The van der Waals surface area contributed by atoms with Gasteiger partial charge in [-0.1, -0.05) is 31.9 Å². The number of halogens is 2. The molecule has 3 rings (SSSR count). The van der Waals surface area contributed by atoms with Gasteiger partial charge in [0.2, 0.25) is 11.8 Å². The Balaban J connectivity index is 1.87. The van der Waals surface area contributed by atoms with Crippen molar-refractivity contribution in [3.63, 3.8) is 0 Å². The van der Waals surface area contributed by atoms with Gasteiger partial charge in [-0.15, -0.1) is 0 Å². The quantitative estimate of drug-likeness (QED) is 0.399. The first-order valence-corrected chi connectivity index (χ1v) is 9.11. The molecule has 1 saturated carbocycles. The molecule has 0 N–H and O–H groups in total. The highest BCUT2D eigenvalue weighted by Gasteiger charge is 2.52. The second-order valence-corrected chi connectivity index (χ2v) is 8.12. The number of imide groups is 1. The number of hydrogen-bond donors (Lipinski definition) is 0. The van der Waals surface area contributed by atoms with Crippen molar-refractivity contribution in [3.8, 4) is 0 Å².